The molecule has 0 saturated carbocycles. The molecule has 1 aliphatic rings. The number of nitrogens with zero attached hydrogens (tertiary/aromatic N) is 2. The molecule has 2 amide bonds. The van der Waals surface area contributed by atoms with Crippen molar-refractivity contribution in [1.29, 1.82) is 0 Å². The number of benzene rings is 1. The molecule has 1 N–H and O–H groups in total. The largest absolute Gasteiger partial charge is 0.459 e. The minimum absolute atomic E-state index is 0.126. The first kappa shape index (κ1) is 16.2. The smallest absolute Gasteiger partial charge is 0.289 e. The zero-order chi connectivity index (χ0) is 16.9. The Balaban J connectivity index is 1.52. The standard InChI is InChI=1S/C17H17N3O3S/c21-15(13-5-2-1-3-6-13)18-17(24)20-10-8-19(9-11-20)16(22)14-7-4-12-23-14/h1-7,12H,8-11H2,(H,18,21,24). The van der Waals surface area contributed by atoms with Crippen molar-refractivity contribution in [3.05, 3.63) is 60.1 Å². The number of thiocarbonyl (C=S) groups is 1. The van der Waals surface area contributed by atoms with Crippen LogP contribution in [0.25, 0.3) is 0 Å². The number of furan rings is 1. The van der Waals surface area contributed by atoms with E-state index in [1.807, 2.05) is 11.0 Å². The van der Waals surface area contributed by atoms with E-state index in [1.165, 1.54) is 6.26 Å². The number of amides is 2. The Hall–Kier alpha value is -2.67. The van der Waals surface area contributed by atoms with E-state index in [4.69, 9.17) is 16.6 Å². The van der Waals surface area contributed by atoms with E-state index >= 15 is 0 Å². The number of hydrogen-bond acceptors (Lipinski definition) is 4. The quantitative estimate of drug-likeness (QED) is 0.842. The lowest BCUT2D eigenvalue weighted by molar-refractivity contribution is 0.0657. The third-order valence-corrected chi connectivity index (χ3v) is 4.20. The van der Waals surface area contributed by atoms with Gasteiger partial charge in [0, 0.05) is 31.7 Å². The molecule has 6 nitrogen and oxygen atoms in total. The molecule has 1 aromatic heterocycles. The van der Waals surface area contributed by atoms with Gasteiger partial charge in [-0.3, -0.25) is 14.9 Å². The molecule has 0 aliphatic carbocycles. The highest BCUT2D eigenvalue weighted by atomic mass is 32.1. The van der Waals surface area contributed by atoms with Gasteiger partial charge in [-0.2, -0.15) is 0 Å². The Morgan fingerprint density at radius 2 is 1.62 bits per heavy atom. The maximum Gasteiger partial charge on any atom is 0.289 e. The van der Waals surface area contributed by atoms with Crippen molar-refractivity contribution in [3.8, 4) is 0 Å². The maximum absolute atomic E-state index is 12.2. The third-order valence-electron chi connectivity index (χ3n) is 3.84. The highest BCUT2D eigenvalue weighted by Gasteiger charge is 2.25. The molecule has 1 fully saturated rings. The lowest BCUT2D eigenvalue weighted by atomic mass is 10.2. The molecular formula is C17H17N3O3S. The van der Waals surface area contributed by atoms with Gasteiger partial charge in [-0.05, 0) is 36.5 Å². The Morgan fingerprint density at radius 1 is 0.958 bits per heavy atom. The number of nitrogens with one attached hydrogen (secondary N) is 1. The molecule has 0 radical (unpaired) electrons. The summed E-state index contributed by atoms with van der Waals surface area (Å²) in [5.74, 6) is -0.0167. The highest BCUT2D eigenvalue weighted by Crippen LogP contribution is 2.10. The van der Waals surface area contributed by atoms with Crippen LogP contribution in [0, 0.1) is 0 Å². The average molecular weight is 343 g/mol. The van der Waals surface area contributed by atoms with E-state index in [0.717, 1.165) is 0 Å². The van der Waals surface area contributed by atoms with Crippen LogP contribution in [0.1, 0.15) is 20.9 Å². The Kier molecular flexibility index (Phi) is 4.90. The molecule has 1 aromatic carbocycles. The van der Waals surface area contributed by atoms with Gasteiger partial charge in [0.2, 0.25) is 0 Å². The first-order chi connectivity index (χ1) is 11.6. The number of carbonyl (C=O) groups excluding carboxylic acids is 2. The number of hydrogen-bond donors (Lipinski definition) is 1. The van der Waals surface area contributed by atoms with Crippen LogP contribution in [0.5, 0.6) is 0 Å². The Bertz CT molecular complexity index is 723. The molecule has 2 aromatic rings. The van der Waals surface area contributed by atoms with Crippen molar-refractivity contribution in [2.45, 2.75) is 0 Å². The fourth-order valence-electron chi connectivity index (χ4n) is 2.51. The van der Waals surface area contributed by atoms with Crippen molar-refractivity contribution < 1.29 is 14.0 Å². The van der Waals surface area contributed by atoms with Crippen LogP contribution in [-0.4, -0.2) is 52.9 Å². The fourth-order valence-corrected chi connectivity index (χ4v) is 2.78. The maximum atomic E-state index is 12.2. The second kappa shape index (κ2) is 7.27. The minimum Gasteiger partial charge on any atom is -0.459 e. The SMILES string of the molecule is O=C(NC(=S)N1CCN(C(=O)c2ccco2)CC1)c1ccccc1. The first-order valence-corrected chi connectivity index (χ1v) is 8.04. The molecule has 1 aliphatic heterocycles. The van der Waals surface area contributed by atoms with E-state index in [9.17, 15) is 9.59 Å². The number of piperazine rings is 1. The molecule has 0 unspecified atom stereocenters. The van der Waals surface area contributed by atoms with Crippen LogP contribution < -0.4 is 5.32 Å². The topological polar surface area (TPSA) is 65.8 Å². The van der Waals surface area contributed by atoms with Gasteiger partial charge in [-0.1, -0.05) is 18.2 Å². The van der Waals surface area contributed by atoms with E-state index in [2.05, 4.69) is 5.32 Å². The summed E-state index contributed by atoms with van der Waals surface area (Å²) < 4.78 is 5.14. The highest BCUT2D eigenvalue weighted by molar-refractivity contribution is 7.80. The van der Waals surface area contributed by atoms with Gasteiger partial charge < -0.3 is 14.2 Å². The predicted octanol–water partition coefficient (Wildman–Crippen LogP) is 1.75. The van der Waals surface area contributed by atoms with Gasteiger partial charge in [0.05, 0.1) is 6.26 Å². The normalized spacial score (nSPS) is 14.3. The van der Waals surface area contributed by atoms with Crippen molar-refractivity contribution in [3.63, 3.8) is 0 Å². The van der Waals surface area contributed by atoms with Crippen molar-refractivity contribution in [2.75, 3.05) is 26.2 Å². The van der Waals surface area contributed by atoms with Crippen LogP contribution in [0.3, 0.4) is 0 Å². The van der Waals surface area contributed by atoms with Crippen LogP contribution >= 0.6 is 12.2 Å². The van der Waals surface area contributed by atoms with E-state index in [-0.39, 0.29) is 11.8 Å². The predicted molar refractivity (Wildman–Crippen MR) is 92.7 cm³/mol. The minimum atomic E-state index is -0.227. The molecule has 124 valence electrons. The molecular weight excluding hydrogens is 326 g/mol. The van der Waals surface area contributed by atoms with Crippen molar-refractivity contribution in [2.24, 2.45) is 0 Å². The van der Waals surface area contributed by atoms with Crippen molar-refractivity contribution in [1.82, 2.24) is 15.1 Å². The van der Waals surface area contributed by atoms with Crippen LogP contribution in [0.2, 0.25) is 0 Å². The van der Waals surface area contributed by atoms with Gasteiger partial charge in [0.15, 0.2) is 10.9 Å². The molecule has 24 heavy (non-hydrogen) atoms. The molecule has 0 spiro atoms. The zero-order valence-corrected chi connectivity index (χ0v) is 13.8. The number of carbonyl (C=O) groups is 2. The summed E-state index contributed by atoms with van der Waals surface area (Å²) in [4.78, 5) is 27.9. The monoisotopic (exact) mass is 343 g/mol. The van der Waals surface area contributed by atoms with Gasteiger partial charge in [0.1, 0.15) is 0 Å². The van der Waals surface area contributed by atoms with Crippen LogP contribution in [0.15, 0.2) is 53.1 Å². The second-order valence-corrected chi connectivity index (χ2v) is 5.77. The van der Waals surface area contributed by atoms with Gasteiger partial charge in [-0.25, -0.2) is 0 Å². The zero-order valence-electron chi connectivity index (χ0n) is 13.0. The first-order valence-electron chi connectivity index (χ1n) is 7.63. The van der Waals surface area contributed by atoms with Crippen LogP contribution in [0.4, 0.5) is 0 Å². The molecule has 2 heterocycles. The van der Waals surface area contributed by atoms with Crippen molar-refractivity contribution >= 4 is 29.1 Å². The van der Waals surface area contributed by atoms with Gasteiger partial charge in [-0.15, -0.1) is 0 Å². The summed E-state index contributed by atoms with van der Waals surface area (Å²) in [6.45, 7) is 2.20. The Labute approximate surface area is 145 Å². The second-order valence-electron chi connectivity index (χ2n) is 5.38. The van der Waals surface area contributed by atoms with E-state index in [0.29, 0.717) is 42.6 Å². The molecule has 0 atom stereocenters. The summed E-state index contributed by atoms with van der Waals surface area (Å²) in [5.41, 5.74) is 0.562. The summed E-state index contributed by atoms with van der Waals surface area (Å²) in [6.07, 6.45) is 1.48. The fraction of sp³-hybridized carbons (Fsp3) is 0.235. The number of rotatable bonds is 2. The summed E-state index contributed by atoms with van der Waals surface area (Å²) >= 11 is 5.31. The molecule has 0 bridgehead atoms. The molecule has 7 heteroatoms. The average Bonchev–Trinajstić information content (AvgIpc) is 3.16. The third kappa shape index (κ3) is 3.62. The molecule has 3 rings (SSSR count). The summed E-state index contributed by atoms with van der Waals surface area (Å²) in [5, 5.41) is 3.12. The molecule has 1 saturated heterocycles. The lowest BCUT2D eigenvalue weighted by Crippen LogP contribution is -2.53. The van der Waals surface area contributed by atoms with Gasteiger partial charge >= 0.3 is 0 Å². The lowest BCUT2D eigenvalue weighted by Gasteiger charge is -2.35. The Morgan fingerprint density at radius 3 is 2.25 bits per heavy atom. The summed E-state index contributed by atoms with van der Waals surface area (Å²) in [6, 6.07) is 12.3. The van der Waals surface area contributed by atoms with Crippen LogP contribution in [-0.2, 0) is 0 Å². The van der Waals surface area contributed by atoms with Gasteiger partial charge in [0.25, 0.3) is 11.8 Å². The van der Waals surface area contributed by atoms with E-state index < -0.39 is 0 Å². The van der Waals surface area contributed by atoms with E-state index in [1.54, 1.807) is 41.3 Å². The summed E-state index contributed by atoms with van der Waals surface area (Å²) in [7, 11) is 0.